The fourth-order valence-electron chi connectivity index (χ4n) is 1.56. The molecule has 2 aromatic carbocycles. The van der Waals surface area contributed by atoms with Crippen LogP contribution in [0.25, 0.3) is 0 Å². The maximum atomic E-state index is 8.17. The molecule has 0 bridgehead atoms. The molecule has 0 spiro atoms. The Kier molecular flexibility index (Phi) is 7.25. The SMILES string of the molecule is Nc1ccc(Cc2ccc(N)cc2)cc1.OCC(O)CO. The number of anilines is 2. The van der Waals surface area contributed by atoms with Crippen LogP contribution < -0.4 is 11.5 Å². The lowest BCUT2D eigenvalue weighted by Gasteiger charge is -2.02. The number of hydrogen-bond donors (Lipinski definition) is 5. The van der Waals surface area contributed by atoms with Crippen LogP contribution in [0.1, 0.15) is 11.1 Å². The molecule has 0 heterocycles. The van der Waals surface area contributed by atoms with Gasteiger partial charge < -0.3 is 26.8 Å². The Morgan fingerprint density at radius 1 is 0.714 bits per heavy atom. The van der Waals surface area contributed by atoms with Crippen LogP contribution in [0.4, 0.5) is 11.4 Å². The average Bonchev–Trinajstić information content (AvgIpc) is 2.51. The second kappa shape index (κ2) is 8.97. The maximum Gasteiger partial charge on any atom is 0.100 e. The molecule has 0 unspecified atom stereocenters. The van der Waals surface area contributed by atoms with Gasteiger partial charge in [0.15, 0.2) is 0 Å². The van der Waals surface area contributed by atoms with Crippen LogP contribution in [-0.4, -0.2) is 34.6 Å². The van der Waals surface area contributed by atoms with E-state index in [1.54, 1.807) is 0 Å². The summed E-state index contributed by atoms with van der Waals surface area (Å²) in [5.41, 5.74) is 15.4. The predicted molar refractivity (Wildman–Crippen MR) is 84.7 cm³/mol. The van der Waals surface area contributed by atoms with E-state index in [-0.39, 0.29) is 13.2 Å². The van der Waals surface area contributed by atoms with Gasteiger partial charge in [-0.15, -0.1) is 0 Å². The van der Waals surface area contributed by atoms with Gasteiger partial charge in [0.25, 0.3) is 0 Å². The summed E-state index contributed by atoms with van der Waals surface area (Å²) in [7, 11) is 0. The zero-order valence-electron chi connectivity index (χ0n) is 11.8. The van der Waals surface area contributed by atoms with E-state index < -0.39 is 6.10 Å². The Labute approximate surface area is 124 Å². The van der Waals surface area contributed by atoms with Crippen molar-refractivity contribution in [2.75, 3.05) is 24.7 Å². The lowest BCUT2D eigenvalue weighted by atomic mass is 10.0. The van der Waals surface area contributed by atoms with Gasteiger partial charge in [-0.2, -0.15) is 0 Å². The van der Waals surface area contributed by atoms with Crippen molar-refractivity contribution in [2.24, 2.45) is 0 Å². The normalized spacial score (nSPS) is 10.1. The Morgan fingerprint density at radius 3 is 1.29 bits per heavy atom. The Morgan fingerprint density at radius 2 is 1.05 bits per heavy atom. The first kappa shape index (κ1) is 17.0. The fraction of sp³-hybridized carbons (Fsp3) is 0.250. The van der Waals surface area contributed by atoms with E-state index in [4.69, 9.17) is 26.8 Å². The molecule has 0 atom stereocenters. The van der Waals surface area contributed by atoms with E-state index in [1.807, 2.05) is 48.5 Å². The second-order valence-electron chi connectivity index (χ2n) is 4.68. The number of benzene rings is 2. The van der Waals surface area contributed by atoms with Crippen molar-refractivity contribution >= 4 is 11.4 Å². The molecule has 0 saturated carbocycles. The monoisotopic (exact) mass is 290 g/mol. The third-order valence-electron chi connectivity index (χ3n) is 2.79. The summed E-state index contributed by atoms with van der Waals surface area (Å²) in [6, 6.07) is 15.9. The largest absolute Gasteiger partial charge is 0.399 e. The van der Waals surface area contributed by atoms with Crippen LogP contribution in [-0.2, 0) is 6.42 Å². The topological polar surface area (TPSA) is 113 Å². The summed E-state index contributed by atoms with van der Waals surface area (Å²) in [5.74, 6) is 0. The van der Waals surface area contributed by atoms with Gasteiger partial charge in [-0.25, -0.2) is 0 Å². The van der Waals surface area contributed by atoms with Gasteiger partial charge in [0.05, 0.1) is 13.2 Å². The summed E-state index contributed by atoms with van der Waals surface area (Å²) in [5, 5.41) is 24.0. The first-order valence-electron chi connectivity index (χ1n) is 6.63. The van der Waals surface area contributed by atoms with Gasteiger partial charge >= 0.3 is 0 Å². The molecule has 5 heteroatoms. The third-order valence-corrected chi connectivity index (χ3v) is 2.79. The van der Waals surface area contributed by atoms with E-state index in [0.717, 1.165) is 17.8 Å². The lowest BCUT2D eigenvalue weighted by Crippen LogP contribution is -2.15. The fourth-order valence-corrected chi connectivity index (χ4v) is 1.56. The van der Waals surface area contributed by atoms with Crippen LogP contribution in [0.15, 0.2) is 48.5 Å². The highest BCUT2D eigenvalue weighted by molar-refractivity contribution is 5.43. The molecule has 5 nitrogen and oxygen atoms in total. The standard InChI is InChI=1S/C13H14N2.C3H8O3/c14-12-5-1-10(2-6-12)9-11-3-7-13(15)8-4-11;4-1-3(6)2-5/h1-8H,9,14-15H2;3-6H,1-2H2. The Bertz CT molecular complexity index is 465. The number of nitrogens with two attached hydrogens (primary N) is 2. The van der Waals surface area contributed by atoms with Gasteiger partial charge in [-0.3, -0.25) is 0 Å². The van der Waals surface area contributed by atoms with E-state index >= 15 is 0 Å². The Balaban J connectivity index is 0.000000315. The number of nitrogen functional groups attached to an aromatic ring is 2. The van der Waals surface area contributed by atoms with Crippen molar-refractivity contribution in [1.82, 2.24) is 0 Å². The van der Waals surface area contributed by atoms with Gasteiger partial charge in [0.1, 0.15) is 6.10 Å². The lowest BCUT2D eigenvalue weighted by molar-refractivity contribution is 0.0450. The van der Waals surface area contributed by atoms with Crippen LogP contribution in [0.5, 0.6) is 0 Å². The molecule has 114 valence electrons. The van der Waals surface area contributed by atoms with Gasteiger partial charge in [-0.05, 0) is 41.8 Å². The summed E-state index contributed by atoms with van der Waals surface area (Å²) in [6.45, 7) is -0.729. The third kappa shape index (κ3) is 6.76. The molecule has 0 saturated heterocycles. The minimum Gasteiger partial charge on any atom is -0.399 e. The first-order chi connectivity index (χ1) is 10.0. The smallest absolute Gasteiger partial charge is 0.100 e. The second-order valence-corrected chi connectivity index (χ2v) is 4.68. The minimum absolute atomic E-state index is 0.365. The zero-order chi connectivity index (χ0) is 15.7. The molecule has 0 amide bonds. The molecule has 2 aromatic rings. The van der Waals surface area contributed by atoms with Crippen LogP contribution in [0.3, 0.4) is 0 Å². The molecule has 0 aliphatic heterocycles. The highest BCUT2D eigenvalue weighted by Gasteiger charge is 1.96. The molecular formula is C16H22N2O3. The van der Waals surface area contributed by atoms with Crippen molar-refractivity contribution in [1.29, 1.82) is 0 Å². The quantitative estimate of drug-likeness (QED) is 0.534. The predicted octanol–water partition coefficient (Wildman–Crippen LogP) is 0.774. The summed E-state index contributed by atoms with van der Waals surface area (Å²) < 4.78 is 0. The van der Waals surface area contributed by atoms with Gasteiger partial charge in [-0.1, -0.05) is 24.3 Å². The highest BCUT2D eigenvalue weighted by Crippen LogP contribution is 2.13. The molecular weight excluding hydrogens is 268 g/mol. The molecule has 0 fully saturated rings. The molecule has 21 heavy (non-hydrogen) atoms. The number of aliphatic hydroxyl groups excluding tert-OH is 3. The summed E-state index contributed by atoms with van der Waals surface area (Å²) in [6.07, 6.45) is -0.0365. The van der Waals surface area contributed by atoms with E-state index in [1.165, 1.54) is 11.1 Å². The molecule has 0 aliphatic rings. The number of aliphatic hydroxyl groups is 3. The number of rotatable bonds is 4. The maximum absolute atomic E-state index is 8.17. The van der Waals surface area contributed by atoms with Crippen LogP contribution in [0.2, 0.25) is 0 Å². The van der Waals surface area contributed by atoms with Crippen molar-refractivity contribution in [3.05, 3.63) is 59.7 Å². The zero-order valence-corrected chi connectivity index (χ0v) is 11.8. The van der Waals surface area contributed by atoms with Crippen LogP contribution >= 0.6 is 0 Å². The molecule has 0 radical (unpaired) electrons. The van der Waals surface area contributed by atoms with Crippen molar-refractivity contribution in [3.63, 3.8) is 0 Å². The van der Waals surface area contributed by atoms with E-state index in [0.29, 0.717) is 0 Å². The molecule has 7 N–H and O–H groups in total. The van der Waals surface area contributed by atoms with E-state index in [9.17, 15) is 0 Å². The molecule has 0 aromatic heterocycles. The van der Waals surface area contributed by atoms with E-state index in [2.05, 4.69) is 0 Å². The van der Waals surface area contributed by atoms with Crippen molar-refractivity contribution in [2.45, 2.75) is 12.5 Å². The van der Waals surface area contributed by atoms with Crippen LogP contribution in [0, 0.1) is 0 Å². The molecule has 0 aliphatic carbocycles. The van der Waals surface area contributed by atoms with Gasteiger partial charge in [0.2, 0.25) is 0 Å². The summed E-state index contributed by atoms with van der Waals surface area (Å²) in [4.78, 5) is 0. The molecule has 2 rings (SSSR count). The minimum atomic E-state index is -0.954. The van der Waals surface area contributed by atoms with Gasteiger partial charge in [0, 0.05) is 11.4 Å². The van der Waals surface area contributed by atoms with Crippen molar-refractivity contribution in [3.8, 4) is 0 Å². The highest BCUT2D eigenvalue weighted by atomic mass is 16.3. The average molecular weight is 290 g/mol. The number of hydrogen-bond acceptors (Lipinski definition) is 5. The summed E-state index contributed by atoms with van der Waals surface area (Å²) >= 11 is 0. The first-order valence-corrected chi connectivity index (χ1v) is 6.63. The Hall–Kier alpha value is -2.08. The van der Waals surface area contributed by atoms with Crippen molar-refractivity contribution < 1.29 is 15.3 Å².